The van der Waals surface area contributed by atoms with Crippen LogP contribution in [0.3, 0.4) is 0 Å². The van der Waals surface area contributed by atoms with E-state index in [9.17, 15) is 4.57 Å². The molecule has 0 saturated heterocycles. The number of benzene rings is 2. The molecule has 3 N–H and O–H groups in total. The zero-order valence-electron chi connectivity index (χ0n) is 7.34. The molecule has 0 saturated carbocycles. The van der Waals surface area contributed by atoms with Crippen molar-refractivity contribution in [3.05, 3.63) is 36.4 Å². The van der Waals surface area contributed by atoms with Crippen LogP contribution in [-0.2, 0) is 4.57 Å². The first-order chi connectivity index (χ1) is 6.70. The summed E-state index contributed by atoms with van der Waals surface area (Å²) in [6.07, 6.45) is 0. The lowest BCUT2D eigenvalue weighted by Gasteiger charge is -1.99. The van der Waals surface area contributed by atoms with Crippen molar-refractivity contribution in [3.63, 3.8) is 0 Å². The van der Waals surface area contributed by atoms with E-state index in [1.807, 2.05) is 18.2 Å². The second kappa shape index (κ2) is 3.37. The molecule has 1 unspecified atom stereocenters. The predicted octanol–water partition coefficient (Wildman–Crippen LogP) is 1.78. The molecule has 0 fully saturated rings. The highest BCUT2D eigenvalue weighted by Gasteiger charge is 2.20. The van der Waals surface area contributed by atoms with Crippen LogP contribution in [0.2, 0.25) is 0 Å². The van der Waals surface area contributed by atoms with Crippen molar-refractivity contribution in [1.82, 2.24) is 0 Å². The molecule has 0 amide bonds. The van der Waals surface area contributed by atoms with Crippen LogP contribution in [-0.4, -0.2) is 4.89 Å². The summed E-state index contributed by atoms with van der Waals surface area (Å²) in [4.78, 5) is 9.08. The molecule has 70 valence electrons. The van der Waals surface area contributed by atoms with Gasteiger partial charge in [-0.15, -0.1) is 0 Å². The van der Waals surface area contributed by atoms with Crippen LogP contribution >= 0.6 is 8.03 Å². The van der Waals surface area contributed by atoms with Crippen LogP contribution in [0.1, 0.15) is 0 Å². The summed E-state index contributed by atoms with van der Waals surface area (Å²) < 4.78 is 11.0. The lowest BCUT2D eigenvalue weighted by molar-refractivity contribution is 0.513. The van der Waals surface area contributed by atoms with Gasteiger partial charge in [-0.2, -0.15) is 4.89 Å². The maximum absolute atomic E-state index is 11.0. The zero-order chi connectivity index (χ0) is 10.1. The molecular formula is C10H9NO2P+. The van der Waals surface area contributed by atoms with E-state index in [4.69, 9.17) is 10.6 Å². The van der Waals surface area contributed by atoms with E-state index in [0.29, 0.717) is 11.0 Å². The number of hydrogen-bond donors (Lipinski definition) is 2. The quantitative estimate of drug-likeness (QED) is 0.552. The third-order valence-electron chi connectivity index (χ3n) is 2.14. The highest BCUT2D eigenvalue weighted by molar-refractivity contribution is 7.48. The molecule has 0 spiro atoms. The standard InChI is InChI=1S/C10H8NO2P/c11-9-5-6-10(14(12)13)8-4-2-1-3-7(8)9/h1-6H,11H2/p+1. The Hall–Kier alpha value is -1.44. The van der Waals surface area contributed by atoms with Crippen LogP contribution in [0, 0.1) is 0 Å². The Labute approximate surface area is 82.0 Å². The molecule has 0 heterocycles. The molecule has 2 rings (SSSR count). The molecule has 0 aliphatic carbocycles. The summed E-state index contributed by atoms with van der Waals surface area (Å²) in [5.74, 6) is 0. The van der Waals surface area contributed by atoms with Gasteiger partial charge in [0, 0.05) is 16.5 Å². The van der Waals surface area contributed by atoms with Gasteiger partial charge in [-0.25, -0.2) is 0 Å². The van der Waals surface area contributed by atoms with Gasteiger partial charge in [0.1, 0.15) is 0 Å². The highest BCUT2D eigenvalue weighted by Crippen LogP contribution is 2.25. The molecule has 2 aromatic carbocycles. The van der Waals surface area contributed by atoms with Gasteiger partial charge in [-0.05, 0) is 22.8 Å². The van der Waals surface area contributed by atoms with Crippen LogP contribution < -0.4 is 11.0 Å². The van der Waals surface area contributed by atoms with Crippen molar-refractivity contribution in [1.29, 1.82) is 0 Å². The summed E-state index contributed by atoms with van der Waals surface area (Å²) in [6.45, 7) is 0. The van der Waals surface area contributed by atoms with Crippen molar-refractivity contribution < 1.29 is 9.46 Å². The van der Waals surface area contributed by atoms with E-state index < -0.39 is 8.03 Å². The molecule has 1 atom stereocenters. The summed E-state index contributed by atoms with van der Waals surface area (Å²) in [7, 11) is -2.31. The van der Waals surface area contributed by atoms with Crippen molar-refractivity contribution in [2.45, 2.75) is 0 Å². The van der Waals surface area contributed by atoms with Crippen molar-refractivity contribution in [3.8, 4) is 0 Å². The Morgan fingerprint density at radius 2 is 1.71 bits per heavy atom. The number of fused-ring (bicyclic) bond motifs is 1. The van der Waals surface area contributed by atoms with E-state index in [1.165, 1.54) is 0 Å². The number of rotatable bonds is 1. The van der Waals surface area contributed by atoms with Gasteiger partial charge in [-0.3, -0.25) is 0 Å². The predicted molar refractivity (Wildman–Crippen MR) is 57.8 cm³/mol. The lowest BCUT2D eigenvalue weighted by Crippen LogP contribution is -2.00. The fraction of sp³-hybridized carbons (Fsp3) is 0. The summed E-state index contributed by atoms with van der Waals surface area (Å²) in [5, 5.41) is 2.00. The molecular weight excluding hydrogens is 197 g/mol. The monoisotopic (exact) mass is 206 g/mol. The van der Waals surface area contributed by atoms with Gasteiger partial charge in [0.2, 0.25) is 5.30 Å². The molecule has 0 radical (unpaired) electrons. The first-order valence-corrected chi connectivity index (χ1v) is 5.35. The Bertz CT molecular complexity index is 510. The summed E-state index contributed by atoms with van der Waals surface area (Å²) in [5.41, 5.74) is 6.37. The largest absolute Gasteiger partial charge is 0.546 e. The first-order valence-electron chi connectivity index (χ1n) is 4.13. The average molecular weight is 206 g/mol. The summed E-state index contributed by atoms with van der Waals surface area (Å²) >= 11 is 0. The lowest BCUT2D eigenvalue weighted by atomic mass is 10.1. The van der Waals surface area contributed by atoms with Crippen LogP contribution in [0.5, 0.6) is 0 Å². The molecule has 2 aromatic rings. The topological polar surface area (TPSA) is 63.3 Å². The molecule has 0 aromatic heterocycles. The Kier molecular flexibility index (Phi) is 2.20. The Morgan fingerprint density at radius 3 is 2.36 bits per heavy atom. The van der Waals surface area contributed by atoms with E-state index in [2.05, 4.69) is 0 Å². The number of hydrogen-bond acceptors (Lipinski definition) is 2. The van der Waals surface area contributed by atoms with Gasteiger partial charge in [0.25, 0.3) is 0 Å². The van der Waals surface area contributed by atoms with Gasteiger partial charge in [0.05, 0.1) is 0 Å². The molecule has 0 aliphatic rings. The number of nitrogens with two attached hydrogens (primary N) is 1. The normalized spacial score (nSPS) is 11.6. The molecule has 3 nitrogen and oxygen atoms in total. The van der Waals surface area contributed by atoms with Gasteiger partial charge in [-0.1, -0.05) is 18.2 Å². The zero-order valence-corrected chi connectivity index (χ0v) is 8.24. The number of nitrogen functional groups attached to an aromatic ring is 1. The number of anilines is 1. The van der Waals surface area contributed by atoms with Crippen LogP contribution in [0.4, 0.5) is 5.69 Å². The van der Waals surface area contributed by atoms with Gasteiger partial charge >= 0.3 is 8.03 Å². The fourth-order valence-corrected chi connectivity index (χ4v) is 2.08. The van der Waals surface area contributed by atoms with E-state index in [1.54, 1.807) is 18.2 Å². The van der Waals surface area contributed by atoms with E-state index >= 15 is 0 Å². The highest BCUT2D eigenvalue weighted by atomic mass is 31.1. The minimum atomic E-state index is -2.31. The molecule has 14 heavy (non-hydrogen) atoms. The molecule has 4 heteroatoms. The minimum absolute atomic E-state index is 0.435. The maximum Gasteiger partial charge on any atom is 0.546 e. The average Bonchev–Trinajstić information content (AvgIpc) is 2.18. The minimum Gasteiger partial charge on any atom is -0.398 e. The third kappa shape index (κ3) is 1.37. The van der Waals surface area contributed by atoms with Gasteiger partial charge < -0.3 is 5.73 Å². The van der Waals surface area contributed by atoms with Gasteiger partial charge in [0.15, 0.2) is 0 Å². The Morgan fingerprint density at radius 1 is 1.07 bits per heavy atom. The fourth-order valence-electron chi connectivity index (χ4n) is 1.47. The molecule has 0 aliphatic heterocycles. The van der Waals surface area contributed by atoms with E-state index in [0.717, 1.165) is 10.8 Å². The SMILES string of the molecule is Nc1ccc([P+](=O)O)c2ccccc12. The second-order valence-corrected chi connectivity index (χ2v) is 4.02. The third-order valence-corrected chi connectivity index (χ3v) is 2.94. The van der Waals surface area contributed by atoms with Crippen molar-refractivity contribution in [2.24, 2.45) is 0 Å². The van der Waals surface area contributed by atoms with Crippen LogP contribution in [0.15, 0.2) is 36.4 Å². The van der Waals surface area contributed by atoms with E-state index in [-0.39, 0.29) is 0 Å². The smallest absolute Gasteiger partial charge is 0.398 e. The van der Waals surface area contributed by atoms with Crippen LogP contribution in [0.25, 0.3) is 10.8 Å². The molecule has 0 bridgehead atoms. The summed E-state index contributed by atoms with van der Waals surface area (Å²) in [6, 6.07) is 10.6. The first kappa shape index (κ1) is 9.13. The maximum atomic E-state index is 11.0. The van der Waals surface area contributed by atoms with Crippen molar-refractivity contribution >= 4 is 29.8 Å². The Balaban J connectivity index is 2.88. The van der Waals surface area contributed by atoms with Crippen molar-refractivity contribution in [2.75, 3.05) is 5.73 Å². The second-order valence-electron chi connectivity index (χ2n) is 2.99.